The molecular weight excluding hydrogens is 330 g/mol. The molecule has 0 saturated heterocycles. The molecule has 3 aromatic rings. The zero-order valence-corrected chi connectivity index (χ0v) is 13.2. The van der Waals surface area contributed by atoms with Crippen LogP contribution in [0.2, 0.25) is 0 Å². The Hall–Kier alpha value is -3.22. The van der Waals surface area contributed by atoms with Crippen LogP contribution in [0.25, 0.3) is 16.8 Å². The van der Waals surface area contributed by atoms with Gasteiger partial charge >= 0.3 is 12.1 Å². The van der Waals surface area contributed by atoms with Crippen molar-refractivity contribution in [2.45, 2.75) is 13.0 Å². The van der Waals surface area contributed by atoms with Gasteiger partial charge in [-0.25, -0.2) is 9.48 Å². The molecule has 0 spiro atoms. The van der Waals surface area contributed by atoms with Crippen molar-refractivity contribution in [3.8, 4) is 22.6 Å². The average Bonchev–Trinajstić information content (AvgIpc) is 3.03. The standard InChI is InChI=1S/C18H14F2N2O3/c1-18(19,20)25-16-7-3-6-15(9-16)22-11-14(10-21-22)12-4-2-5-13(8-12)17(23)24/h2-11H,1H3,(H,23,24). The molecule has 1 N–H and O–H groups in total. The Morgan fingerprint density at radius 3 is 2.64 bits per heavy atom. The number of alkyl halides is 2. The summed E-state index contributed by atoms with van der Waals surface area (Å²) in [5.74, 6) is -0.991. The molecule has 7 heteroatoms. The number of hydrogen-bond donors (Lipinski definition) is 1. The fourth-order valence-electron chi connectivity index (χ4n) is 2.34. The normalized spacial score (nSPS) is 11.3. The Balaban J connectivity index is 1.90. The summed E-state index contributed by atoms with van der Waals surface area (Å²) in [5, 5.41) is 13.3. The number of aromatic carboxylic acids is 1. The van der Waals surface area contributed by atoms with E-state index < -0.39 is 12.1 Å². The second-order valence-electron chi connectivity index (χ2n) is 5.47. The van der Waals surface area contributed by atoms with E-state index in [-0.39, 0.29) is 11.3 Å². The quantitative estimate of drug-likeness (QED) is 0.752. The first-order chi connectivity index (χ1) is 11.8. The van der Waals surface area contributed by atoms with Gasteiger partial charge in [0.05, 0.1) is 17.4 Å². The first kappa shape index (κ1) is 16.6. The average molecular weight is 344 g/mol. The van der Waals surface area contributed by atoms with Gasteiger partial charge in [0, 0.05) is 24.8 Å². The first-order valence-corrected chi connectivity index (χ1v) is 7.37. The van der Waals surface area contributed by atoms with Gasteiger partial charge < -0.3 is 9.84 Å². The van der Waals surface area contributed by atoms with Crippen LogP contribution in [-0.2, 0) is 0 Å². The monoisotopic (exact) mass is 344 g/mol. The van der Waals surface area contributed by atoms with Crippen molar-refractivity contribution in [1.82, 2.24) is 9.78 Å². The topological polar surface area (TPSA) is 64.3 Å². The lowest BCUT2D eigenvalue weighted by atomic mass is 10.1. The van der Waals surface area contributed by atoms with E-state index in [4.69, 9.17) is 5.11 Å². The van der Waals surface area contributed by atoms with Gasteiger partial charge in [-0.05, 0) is 29.8 Å². The summed E-state index contributed by atoms with van der Waals surface area (Å²) in [6, 6.07) is 12.6. The molecule has 25 heavy (non-hydrogen) atoms. The molecule has 0 radical (unpaired) electrons. The minimum absolute atomic E-state index is 0.0231. The van der Waals surface area contributed by atoms with Crippen LogP contribution in [0.3, 0.4) is 0 Å². The zero-order chi connectivity index (χ0) is 18.0. The summed E-state index contributed by atoms with van der Waals surface area (Å²) >= 11 is 0. The molecule has 0 saturated carbocycles. The summed E-state index contributed by atoms with van der Waals surface area (Å²) in [6.45, 7) is 0.668. The van der Waals surface area contributed by atoms with E-state index in [9.17, 15) is 13.6 Å². The molecule has 0 unspecified atom stereocenters. The van der Waals surface area contributed by atoms with Crippen LogP contribution in [0.1, 0.15) is 17.3 Å². The van der Waals surface area contributed by atoms with Crippen LogP contribution < -0.4 is 4.74 Å². The van der Waals surface area contributed by atoms with Crippen molar-refractivity contribution < 1.29 is 23.4 Å². The molecule has 0 atom stereocenters. The SMILES string of the molecule is CC(F)(F)Oc1cccc(-n2cc(-c3cccc(C(=O)O)c3)cn2)c1. The largest absolute Gasteiger partial charge is 0.478 e. The maximum atomic E-state index is 13.0. The predicted molar refractivity (Wildman–Crippen MR) is 87.2 cm³/mol. The summed E-state index contributed by atoms with van der Waals surface area (Å²) in [7, 11) is 0. The second kappa shape index (κ2) is 6.35. The van der Waals surface area contributed by atoms with E-state index >= 15 is 0 Å². The van der Waals surface area contributed by atoms with Crippen LogP contribution in [0.5, 0.6) is 5.75 Å². The highest BCUT2D eigenvalue weighted by Crippen LogP contribution is 2.25. The van der Waals surface area contributed by atoms with E-state index in [2.05, 4.69) is 9.84 Å². The first-order valence-electron chi connectivity index (χ1n) is 7.37. The highest BCUT2D eigenvalue weighted by atomic mass is 19.3. The van der Waals surface area contributed by atoms with Crippen molar-refractivity contribution in [2.24, 2.45) is 0 Å². The second-order valence-corrected chi connectivity index (χ2v) is 5.47. The number of aromatic nitrogens is 2. The van der Waals surface area contributed by atoms with E-state index in [1.807, 2.05) is 0 Å². The van der Waals surface area contributed by atoms with Crippen molar-refractivity contribution in [2.75, 3.05) is 0 Å². The molecule has 2 aromatic carbocycles. The summed E-state index contributed by atoms with van der Waals surface area (Å²) < 4.78 is 32.0. The lowest BCUT2D eigenvalue weighted by Gasteiger charge is -2.13. The molecule has 0 aliphatic rings. The van der Waals surface area contributed by atoms with Crippen molar-refractivity contribution in [1.29, 1.82) is 0 Å². The summed E-state index contributed by atoms with van der Waals surface area (Å²) in [6.07, 6.45) is -0.0156. The van der Waals surface area contributed by atoms with Crippen LogP contribution in [0, 0.1) is 0 Å². The molecule has 0 amide bonds. The Morgan fingerprint density at radius 2 is 1.92 bits per heavy atom. The smallest absolute Gasteiger partial charge is 0.394 e. The van der Waals surface area contributed by atoms with Crippen LogP contribution in [-0.4, -0.2) is 27.0 Å². The number of carbonyl (C=O) groups is 1. The Bertz CT molecular complexity index is 916. The lowest BCUT2D eigenvalue weighted by molar-refractivity contribution is -0.158. The van der Waals surface area contributed by atoms with Gasteiger partial charge in [-0.2, -0.15) is 13.9 Å². The summed E-state index contributed by atoms with van der Waals surface area (Å²) in [4.78, 5) is 11.1. The van der Waals surface area contributed by atoms with Gasteiger partial charge in [-0.15, -0.1) is 0 Å². The molecule has 1 heterocycles. The van der Waals surface area contributed by atoms with Gasteiger partial charge in [0.2, 0.25) is 0 Å². The van der Waals surface area contributed by atoms with Gasteiger partial charge in [-0.1, -0.05) is 18.2 Å². The number of carboxylic acids is 1. The fraction of sp³-hybridized carbons (Fsp3) is 0.111. The third kappa shape index (κ3) is 4.00. The van der Waals surface area contributed by atoms with E-state index in [1.54, 1.807) is 42.7 Å². The number of nitrogens with zero attached hydrogens (tertiary/aromatic N) is 2. The van der Waals surface area contributed by atoms with E-state index in [1.165, 1.54) is 22.9 Å². The Labute approximate surface area is 142 Å². The summed E-state index contributed by atoms with van der Waals surface area (Å²) in [5.41, 5.74) is 2.11. The lowest BCUT2D eigenvalue weighted by Crippen LogP contribution is -2.19. The molecule has 0 fully saturated rings. The van der Waals surface area contributed by atoms with Crippen molar-refractivity contribution in [3.63, 3.8) is 0 Å². The van der Waals surface area contributed by atoms with Crippen LogP contribution >= 0.6 is 0 Å². The van der Waals surface area contributed by atoms with Gasteiger partial charge in [0.15, 0.2) is 0 Å². The highest BCUT2D eigenvalue weighted by molar-refractivity contribution is 5.89. The minimum atomic E-state index is -3.27. The molecule has 0 aliphatic carbocycles. The van der Waals surface area contributed by atoms with Crippen molar-refractivity contribution in [3.05, 3.63) is 66.5 Å². The van der Waals surface area contributed by atoms with Crippen molar-refractivity contribution >= 4 is 5.97 Å². The van der Waals surface area contributed by atoms with Gasteiger partial charge in [-0.3, -0.25) is 0 Å². The van der Waals surface area contributed by atoms with Crippen LogP contribution in [0.15, 0.2) is 60.9 Å². The van der Waals surface area contributed by atoms with Gasteiger partial charge in [0.1, 0.15) is 5.75 Å². The molecule has 128 valence electrons. The number of hydrogen-bond acceptors (Lipinski definition) is 3. The van der Waals surface area contributed by atoms with Crippen LogP contribution in [0.4, 0.5) is 8.78 Å². The maximum Gasteiger partial charge on any atom is 0.394 e. The molecule has 3 rings (SSSR count). The van der Waals surface area contributed by atoms with Gasteiger partial charge in [0.25, 0.3) is 0 Å². The molecule has 1 aromatic heterocycles. The van der Waals surface area contributed by atoms with E-state index in [0.717, 1.165) is 0 Å². The Kier molecular flexibility index (Phi) is 4.22. The fourth-order valence-corrected chi connectivity index (χ4v) is 2.34. The third-order valence-electron chi connectivity index (χ3n) is 3.40. The third-order valence-corrected chi connectivity index (χ3v) is 3.40. The molecule has 0 aliphatic heterocycles. The highest BCUT2D eigenvalue weighted by Gasteiger charge is 2.23. The molecule has 5 nitrogen and oxygen atoms in total. The number of benzene rings is 2. The number of carboxylic acid groups (broad SMARTS) is 1. The zero-order valence-electron chi connectivity index (χ0n) is 13.2. The maximum absolute atomic E-state index is 13.0. The number of rotatable bonds is 5. The molecular formula is C18H14F2N2O3. The number of ether oxygens (including phenoxy) is 1. The predicted octanol–water partition coefficient (Wildman–Crippen LogP) is 4.23. The number of halogens is 2. The van der Waals surface area contributed by atoms with E-state index in [0.29, 0.717) is 23.7 Å². The minimum Gasteiger partial charge on any atom is -0.478 e. The Morgan fingerprint density at radius 1 is 1.16 bits per heavy atom. The molecule has 0 bridgehead atoms.